The van der Waals surface area contributed by atoms with Gasteiger partial charge >= 0.3 is 0 Å². The van der Waals surface area contributed by atoms with Gasteiger partial charge in [0, 0.05) is 19.2 Å². The molecule has 19 heavy (non-hydrogen) atoms. The molecule has 0 amide bonds. The van der Waals surface area contributed by atoms with Crippen LogP contribution in [0.25, 0.3) is 0 Å². The molecule has 2 saturated carbocycles. The summed E-state index contributed by atoms with van der Waals surface area (Å²) in [5.74, 6) is 2.79. The van der Waals surface area contributed by atoms with E-state index in [0.717, 1.165) is 42.4 Å². The largest absolute Gasteiger partial charge is 0.376 e. The first-order valence-electron chi connectivity index (χ1n) is 7.88. The predicted octanol–water partition coefficient (Wildman–Crippen LogP) is 2.45. The molecule has 0 aromatic carbocycles. The van der Waals surface area contributed by atoms with Gasteiger partial charge in [-0.05, 0) is 69.0 Å². The van der Waals surface area contributed by atoms with Crippen molar-refractivity contribution in [2.45, 2.75) is 57.6 Å². The van der Waals surface area contributed by atoms with E-state index >= 15 is 0 Å². The molecule has 1 aliphatic heterocycles. The lowest BCUT2D eigenvalue weighted by molar-refractivity contribution is 0.114. The van der Waals surface area contributed by atoms with Crippen molar-refractivity contribution in [1.29, 1.82) is 0 Å². The maximum Gasteiger partial charge on any atom is 0.166 e. The molecule has 2 aliphatic carbocycles. The summed E-state index contributed by atoms with van der Waals surface area (Å²) >= 11 is 5.41. The molecule has 0 spiro atoms. The van der Waals surface area contributed by atoms with Crippen LogP contribution >= 0.6 is 12.2 Å². The Labute approximate surface area is 121 Å². The third-order valence-electron chi connectivity index (χ3n) is 5.31. The fraction of sp³-hybridized carbons (Fsp3) is 0.933. The van der Waals surface area contributed by atoms with Crippen molar-refractivity contribution in [3.8, 4) is 0 Å². The minimum Gasteiger partial charge on any atom is -0.376 e. The zero-order valence-corrected chi connectivity index (χ0v) is 12.7. The molecule has 0 aromatic rings. The van der Waals surface area contributed by atoms with Crippen molar-refractivity contribution in [3.05, 3.63) is 0 Å². The average molecular weight is 282 g/mol. The Kier molecular flexibility index (Phi) is 4.27. The van der Waals surface area contributed by atoms with Gasteiger partial charge in [-0.3, -0.25) is 0 Å². The first-order chi connectivity index (χ1) is 9.22. The Balaban J connectivity index is 1.39. The molecule has 1 heterocycles. The van der Waals surface area contributed by atoms with Crippen LogP contribution in [0.5, 0.6) is 0 Å². The number of hydrogen-bond acceptors (Lipinski definition) is 2. The monoisotopic (exact) mass is 282 g/mol. The fourth-order valence-electron chi connectivity index (χ4n) is 4.28. The number of hydrogen-bond donors (Lipinski definition) is 2. The van der Waals surface area contributed by atoms with Crippen molar-refractivity contribution >= 4 is 17.3 Å². The SMILES string of the molecule is CC(NC(=S)NCC1CCCO1)C1CC2CCC1C2. The quantitative estimate of drug-likeness (QED) is 0.776. The highest BCUT2D eigenvalue weighted by Gasteiger charge is 2.41. The van der Waals surface area contributed by atoms with Crippen LogP contribution in [0.15, 0.2) is 0 Å². The predicted molar refractivity (Wildman–Crippen MR) is 81.1 cm³/mol. The van der Waals surface area contributed by atoms with E-state index in [1.807, 2.05) is 0 Å². The molecular weight excluding hydrogens is 256 g/mol. The normalized spacial score (nSPS) is 38.4. The summed E-state index contributed by atoms with van der Waals surface area (Å²) in [6.07, 6.45) is 8.50. The molecule has 5 unspecified atom stereocenters. The Hall–Kier alpha value is -0.350. The van der Waals surface area contributed by atoms with Gasteiger partial charge in [-0.2, -0.15) is 0 Å². The van der Waals surface area contributed by atoms with Gasteiger partial charge in [-0.1, -0.05) is 6.42 Å². The minimum absolute atomic E-state index is 0.359. The van der Waals surface area contributed by atoms with Crippen molar-refractivity contribution < 1.29 is 4.74 Å². The Bertz CT molecular complexity index is 330. The average Bonchev–Trinajstić information content (AvgIpc) is 3.13. The molecule has 1 saturated heterocycles. The molecule has 3 aliphatic rings. The molecule has 3 fully saturated rings. The van der Waals surface area contributed by atoms with E-state index in [1.54, 1.807) is 0 Å². The van der Waals surface area contributed by atoms with E-state index < -0.39 is 0 Å². The summed E-state index contributed by atoms with van der Waals surface area (Å²) in [6, 6.07) is 0.514. The summed E-state index contributed by atoms with van der Waals surface area (Å²) in [5.41, 5.74) is 0. The first kappa shape index (κ1) is 13.6. The van der Waals surface area contributed by atoms with Gasteiger partial charge in [0.05, 0.1) is 6.10 Å². The summed E-state index contributed by atoms with van der Waals surface area (Å²) in [6.45, 7) is 4.06. The van der Waals surface area contributed by atoms with E-state index in [0.29, 0.717) is 12.1 Å². The second-order valence-corrected chi connectivity index (χ2v) is 7.03. The number of thiocarbonyl (C=S) groups is 1. The molecule has 3 rings (SSSR count). The van der Waals surface area contributed by atoms with Gasteiger partial charge in [0.2, 0.25) is 0 Å². The lowest BCUT2D eigenvalue weighted by atomic mass is 9.84. The van der Waals surface area contributed by atoms with Gasteiger partial charge in [0.15, 0.2) is 5.11 Å². The van der Waals surface area contributed by atoms with Crippen molar-refractivity contribution in [2.24, 2.45) is 17.8 Å². The second kappa shape index (κ2) is 5.96. The van der Waals surface area contributed by atoms with Crippen LogP contribution in [0.3, 0.4) is 0 Å². The zero-order chi connectivity index (χ0) is 13.2. The van der Waals surface area contributed by atoms with Crippen LogP contribution in [0.1, 0.15) is 45.4 Å². The smallest absolute Gasteiger partial charge is 0.166 e. The van der Waals surface area contributed by atoms with Gasteiger partial charge in [-0.15, -0.1) is 0 Å². The second-order valence-electron chi connectivity index (χ2n) is 6.62. The number of nitrogens with one attached hydrogen (secondary N) is 2. The van der Waals surface area contributed by atoms with E-state index in [1.165, 1.54) is 32.1 Å². The molecular formula is C15H26N2OS. The van der Waals surface area contributed by atoms with E-state index in [-0.39, 0.29) is 0 Å². The topological polar surface area (TPSA) is 33.3 Å². The van der Waals surface area contributed by atoms with Crippen LogP contribution in [-0.4, -0.2) is 30.4 Å². The highest BCUT2D eigenvalue weighted by Crippen LogP contribution is 2.49. The van der Waals surface area contributed by atoms with Crippen LogP contribution in [-0.2, 0) is 4.74 Å². The molecule has 2 bridgehead atoms. The third-order valence-corrected chi connectivity index (χ3v) is 5.57. The number of fused-ring (bicyclic) bond motifs is 2. The van der Waals surface area contributed by atoms with Crippen LogP contribution in [0.2, 0.25) is 0 Å². The van der Waals surface area contributed by atoms with Crippen LogP contribution in [0.4, 0.5) is 0 Å². The molecule has 3 nitrogen and oxygen atoms in total. The number of ether oxygens (including phenoxy) is 1. The fourth-order valence-corrected chi connectivity index (χ4v) is 4.55. The van der Waals surface area contributed by atoms with Crippen molar-refractivity contribution in [1.82, 2.24) is 10.6 Å². The summed E-state index contributed by atoms with van der Waals surface area (Å²) < 4.78 is 5.60. The summed E-state index contributed by atoms with van der Waals surface area (Å²) in [4.78, 5) is 0. The highest BCUT2D eigenvalue weighted by atomic mass is 32.1. The molecule has 2 N–H and O–H groups in total. The van der Waals surface area contributed by atoms with E-state index in [4.69, 9.17) is 17.0 Å². The Morgan fingerprint density at radius 1 is 1.32 bits per heavy atom. The lowest BCUT2D eigenvalue weighted by Gasteiger charge is -2.29. The van der Waals surface area contributed by atoms with E-state index in [9.17, 15) is 0 Å². The van der Waals surface area contributed by atoms with Crippen molar-refractivity contribution in [3.63, 3.8) is 0 Å². The standard InChI is InChI=1S/C15H26N2OS/c1-10(14-8-11-4-5-12(14)7-11)17-15(19)16-9-13-3-2-6-18-13/h10-14H,2-9H2,1H3,(H2,16,17,19). The van der Waals surface area contributed by atoms with Gasteiger partial charge in [0.1, 0.15) is 0 Å². The lowest BCUT2D eigenvalue weighted by Crippen LogP contribution is -2.46. The summed E-state index contributed by atoms with van der Waals surface area (Å²) in [5, 5.41) is 7.62. The Morgan fingerprint density at radius 3 is 2.84 bits per heavy atom. The van der Waals surface area contributed by atoms with Crippen LogP contribution in [0, 0.1) is 17.8 Å². The van der Waals surface area contributed by atoms with Crippen molar-refractivity contribution in [2.75, 3.05) is 13.2 Å². The third kappa shape index (κ3) is 3.22. The van der Waals surface area contributed by atoms with Gasteiger partial charge in [-0.25, -0.2) is 0 Å². The van der Waals surface area contributed by atoms with E-state index in [2.05, 4.69) is 17.6 Å². The highest BCUT2D eigenvalue weighted by molar-refractivity contribution is 7.80. The minimum atomic E-state index is 0.359. The maximum atomic E-state index is 5.60. The summed E-state index contributed by atoms with van der Waals surface area (Å²) in [7, 11) is 0. The molecule has 108 valence electrons. The first-order valence-corrected chi connectivity index (χ1v) is 8.29. The molecule has 4 heteroatoms. The van der Waals surface area contributed by atoms with Crippen LogP contribution < -0.4 is 10.6 Å². The molecule has 0 radical (unpaired) electrons. The Morgan fingerprint density at radius 2 is 2.21 bits per heavy atom. The number of rotatable bonds is 4. The molecule has 5 atom stereocenters. The van der Waals surface area contributed by atoms with Gasteiger partial charge in [0.25, 0.3) is 0 Å². The zero-order valence-electron chi connectivity index (χ0n) is 11.9. The maximum absolute atomic E-state index is 5.60. The van der Waals surface area contributed by atoms with Gasteiger partial charge < -0.3 is 15.4 Å². The molecule has 0 aromatic heterocycles.